The first-order valence-corrected chi connectivity index (χ1v) is 10.1. The molecule has 1 N–H and O–H groups in total. The molecular weight excluding hydrogens is 392 g/mol. The van der Waals surface area contributed by atoms with Crippen LogP contribution in [0.4, 0.5) is 5.69 Å². The first-order valence-electron chi connectivity index (χ1n) is 10.1. The molecule has 6 heteroatoms. The number of benzene rings is 3. The predicted octanol–water partition coefficient (Wildman–Crippen LogP) is 5.77. The first-order chi connectivity index (χ1) is 15.0. The van der Waals surface area contributed by atoms with Gasteiger partial charge in [-0.2, -0.15) is 0 Å². The fourth-order valence-electron chi connectivity index (χ4n) is 3.31. The lowest BCUT2D eigenvalue weighted by atomic mass is 10.1. The van der Waals surface area contributed by atoms with E-state index in [9.17, 15) is 4.79 Å². The van der Waals surface area contributed by atoms with Crippen molar-refractivity contribution >= 4 is 22.7 Å². The van der Waals surface area contributed by atoms with Gasteiger partial charge in [0.2, 0.25) is 5.89 Å². The SMILES string of the molecule is CCOc1ccc(C(=O)Nc2cc(-c3nc4cc(C)c(C)cc4o3)ccc2OC)cc1. The zero-order valence-corrected chi connectivity index (χ0v) is 18.0. The molecular formula is C25H24N2O4. The van der Waals surface area contributed by atoms with Gasteiger partial charge < -0.3 is 19.2 Å². The van der Waals surface area contributed by atoms with Crippen LogP contribution in [-0.2, 0) is 0 Å². The lowest BCUT2D eigenvalue weighted by molar-refractivity contribution is 0.102. The van der Waals surface area contributed by atoms with E-state index in [0.717, 1.165) is 33.5 Å². The second kappa shape index (κ2) is 8.52. The minimum Gasteiger partial charge on any atom is -0.495 e. The fraction of sp³-hybridized carbons (Fsp3) is 0.200. The Hall–Kier alpha value is -3.80. The first kappa shape index (κ1) is 20.5. The molecule has 3 aromatic carbocycles. The van der Waals surface area contributed by atoms with E-state index in [1.165, 1.54) is 0 Å². The van der Waals surface area contributed by atoms with Gasteiger partial charge in [-0.25, -0.2) is 4.98 Å². The summed E-state index contributed by atoms with van der Waals surface area (Å²) in [4.78, 5) is 17.4. The Balaban J connectivity index is 1.64. The number of rotatable bonds is 6. The van der Waals surface area contributed by atoms with Crippen LogP contribution in [0.25, 0.3) is 22.6 Å². The van der Waals surface area contributed by atoms with Crippen molar-refractivity contribution < 1.29 is 18.7 Å². The molecule has 0 atom stereocenters. The van der Waals surface area contributed by atoms with E-state index >= 15 is 0 Å². The highest BCUT2D eigenvalue weighted by Gasteiger charge is 2.15. The molecule has 0 fully saturated rings. The molecule has 6 nitrogen and oxygen atoms in total. The van der Waals surface area contributed by atoms with E-state index in [-0.39, 0.29) is 5.91 Å². The molecule has 0 aliphatic heterocycles. The molecule has 4 aromatic rings. The maximum atomic E-state index is 12.8. The van der Waals surface area contributed by atoms with E-state index < -0.39 is 0 Å². The average molecular weight is 416 g/mol. The van der Waals surface area contributed by atoms with E-state index in [1.807, 2.05) is 39.0 Å². The monoisotopic (exact) mass is 416 g/mol. The number of carbonyl (C=O) groups excluding carboxylic acids is 1. The van der Waals surface area contributed by atoms with Crippen molar-refractivity contribution in [3.8, 4) is 23.0 Å². The molecule has 1 aromatic heterocycles. The number of oxazole rings is 1. The number of carbonyl (C=O) groups is 1. The fourth-order valence-corrected chi connectivity index (χ4v) is 3.31. The quantitative estimate of drug-likeness (QED) is 0.432. The van der Waals surface area contributed by atoms with Crippen molar-refractivity contribution in [2.75, 3.05) is 19.0 Å². The number of amides is 1. The van der Waals surface area contributed by atoms with Gasteiger partial charge >= 0.3 is 0 Å². The number of fused-ring (bicyclic) bond motifs is 1. The van der Waals surface area contributed by atoms with Crippen LogP contribution in [0.3, 0.4) is 0 Å². The number of aryl methyl sites for hydroxylation is 2. The summed E-state index contributed by atoms with van der Waals surface area (Å²) >= 11 is 0. The van der Waals surface area contributed by atoms with E-state index in [1.54, 1.807) is 43.5 Å². The molecule has 0 radical (unpaired) electrons. The molecule has 1 amide bonds. The number of hydrogen-bond acceptors (Lipinski definition) is 5. The molecule has 31 heavy (non-hydrogen) atoms. The molecule has 0 spiro atoms. The second-order valence-corrected chi connectivity index (χ2v) is 7.25. The van der Waals surface area contributed by atoms with Crippen molar-refractivity contribution in [2.45, 2.75) is 20.8 Å². The molecule has 0 aliphatic carbocycles. The van der Waals surface area contributed by atoms with Crippen molar-refractivity contribution in [3.63, 3.8) is 0 Å². The minimum atomic E-state index is -0.248. The Morgan fingerprint density at radius 1 is 1.03 bits per heavy atom. The number of ether oxygens (including phenoxy) is 2. The average Bonchev–Trinajstić information content (AvgIpc) is 3.17. The molecule has 0 unspecified atom stereocenters. The zero-order chi connectivity index (χ0) is 22.0. The molecule has 0 bridgehead atoms. The maximum absolute atomic E-state index is 12.8. The molecule has 158 valence electrons. The van der Waals surface area contributed by atoms with Crippen LogP contribution in [0.2, 0.25) is 0 Å². The summed E-state index contributed by atoms with van der Waals surface area (Å²) in [5.41, 5.74) is 5.63. The number of methoxy groups -OCH3 is 1. The second-order valence-electron chi connectivity index (χ2n) is 7.25. The number of nitrogens with zero attached hydrogens (tertiary/aromatic N) is 1. The summed E-state index contributed by atoms with van der Waals surface area (Å²) in [6.07, 6.45) is 0. The van der Waals surface area contributed by atoms with Crippen molar-refractivity contribution in [1.29, 1.82) is 0 Å². The molecule has 4 rings (SSSR count). The summed E-state index contributed by atoms with van der Waals surface area (Å²) in [7, 11) is 1.56. The van der Waals surface area contributed by atoms with Crippen molar-refractivity contribution in [2.24, 2.45) is 0 Å². The Morgan fingerprint density at radius 2 is 1.77 bits per heavy atom. The van der Waals surface area contributed by atoms with E-state index in [0.29, 0.717) is 29.5 Å². The Bertz CT molecular complexity index is 1200. The Kier molecular flexibility index (Phi) is 5.62. The van der Waals surface area contributed by atoms with Crippen molar-refractivity contribution in [3.05, 3.63) is 71.3 Å². The van der Waals surface area contributed by atoms with Crippen LogP contribution < -0.4 is 14.8 Å². The van der Waals surface area contributed by atoms with Gasteiger partial charge in [-0.05, 0) is 86.5 Å². The highest BCUT2D eigenvalue weighted by molar-refractivity contribution is 6.05. The number of nitrogens with one attached hydrogen (secondary N) is 1. The van der Waals surface area contributed by atoms with Crippen LogP contribution in [0.5, 0.6) is 11.5 Å². The van der Waals surface area contributed by atoms with Crippen LogP contribution >= 0.6 is 0 Å². The van der Waals surface area contributed by atoms with Crippen LogP contribution in [-0.4, -0.2) is 24.6 Å². The van der Waals surface area contributed by atoms with Gasteiger partial charge in [0, 0.05) is 11.1 Å². The summed E-state index contributed by atoms with van der Waals surface area (Å²) in [6.45, 7) is 6.58. The van der Waals surface area contributed by atoms with Gasteiger partial charge in [-0.15, -0.1) is 0 Å². The number of aromatic nitrogens is 1. The summed E-state index contributed by atoms with van der Waals surface area (Å²) in [6, 6.07) is 16.4. The van der Waals surface area contributed by atoms with Crippen LogP contribution in [0, 0.1) is 13.8 Å². The van der Waals surface area contributed by atoms with Crippen LogP contribution in [0.1, 0.15) is 28.4 Å². The van der Waals surface area contributed by atoms with E-state index in [2.05, 4.69) is 10.3 Å². The third-order valence-electron chi connectivity index (χ3n) is 5.13. The van der Waals surface area contributed by atoms with Gasteiger partial charge in [-0.1, -0.05) is 0 Å². The third-order valence-corrected chi connectivity index (χ3v) is 5.13. The van der Waals surface area contributed by atoms with Crippen molar-refractivity contribution in [1.82, 2.24) is 4.98 Å². The topological polar surface area (TPSA) is 73.6 Å². The van der Waals surface area contributed by atoms with E-state index in [4.69, 9.17) is 13.9 Å². The lowest BCUT2D eigenvalue weighted by Crippen LogP contribution is -2.12. The normalized spacial score (nSPS) is 10.8. The van der Waals surface area contributed by atoms with Gasteiger partial charge in [0.1, 0.15) is 17.0 Å². The van der Waals surface area contributed by atoms with Gasteiger partial charge in [0.25, 0.3) is 5.91 Å². The maximum Gasteiger partial charge on any atom is 0.255 e. The van der Waals surface area contributed by atoms with Gasteiger partial charge in [-0.3, -0.25) is 4.79 Å². The highest BCUT2D eigenvalue weighted by atomic mass is 16.5. The molecule has 1 heterocycles. The summed E-state index contributed by atoms with van der Waals surface area (Å²) in [5, 5.41) is 2.92. The molecule has 0 saturated carbocycles. The number of anilines is 1. The van der Waals surface area contributed by atoms with Gasteiger partial charge in [0.15, 0.2) is 5.58 Å². The predicted molar refractivity (Wildman–Crippen MR) is 121 cm³/mol. The summed E-state index contributed by atoms with van der Waals surface area (Å²) < 4.78 is 16.8. The Labute approximate surface area is 180 Å². The zero-order valence-electron chi connectivity index (χ0n) is 18.0. The summed E-state index contributed by atoms with van der Waals surface area (Å²) in [5.74, 6) is 1.51. The Morgan fingerprint density at radius 3 is 2.48 bits per heavy atom. The third kappa shape index (κ3) is 4.23. The number of hydrogen-bond donors (Lipinski definition) is 1. The standard InChI is InChI=1S/C25H24N2O4/c1-5-30-19-9-6-17(7-10-19)24(28)26-21-14-18(8-11-22(21)29-4)25-27-20-12-15(2)16(3)13-23(20)31-25/h6-14H,5H2,1-4H3,(H,26,28). The lowest BCUT2D eigenvalue weighted by Gasteiger charge is -2.11. The molecule has 0 aliphatic rings. The van der Waals surface area contributed by atoms with Gasteiger partial charge in [0.05, 0.1) is 19.4 Å². The highest BCUT2D eigenvalue weighted by Crippen LogP contribution is 2.33. The largest absolute Gasteiger partial charge is 0.495 e. The van der Waals surface area contributed by atoms with Crippen LogP contribution in [0.15, 0.2) is 59.0 Å². The molecule has 0 saturated heterocycles. The minimum absolute atomic E-state index is 0.248. The smallest absolute Gasteiger partial charge is 0.255 e.